The van der Waals surface area contributed by atoms with Crippen LogP contribution in [0.4, 0.5) is 11.6 Å². The highest BCUT2D eigenvalue weighted by molar-refractivity contribution is 7.88. The number of ether oxygens (including phenoxy) is 1. The highest BCUT2D eigenvalue weighted by Crippen LogP contribution is 2.28. The normalized spacial score (nSPS) is 11.2. The molecule has 0 aliphatic heterocycles. The van der Waals surface area contributed by atoms with Gasteiger partial charge in [-0.2, -0.15) is 4.98 Å². The lowest BCUT2D eigenvalue weighted by molar-refractivity contribution is 0.307. The van der Waals surface area contributed by atoms with Crippen LogP contribution in [0.15, 0.2) is 85.2 Å². The molecule has 4 aromatic rings. The maximum atomic E-state index is 11.4. The molecule has 162 valence electrons. The van der Waals surface area contributed by atoms with E-state index in [1.54, 1.807) is 24.3 Å². The molecule has 9 heteroatoms. The monoisotopic (exact) mass is 447 g/mol. The van der Waals surface area contributed by atoms with Gasteiger partial charge in [0, 0.05) is 5.69 Å². The molecular formula is C23H21N5O3S. The van der Waals surface area contributed by atoms with Gasteiger partial charge < -0.3 is 10.1 Å². The number of para-hydroxylation sites is 1. The summed E-state index contributed by atoms with van der Waals surface area (Å²) < 4.78 is 28.7. The predicted molar refractivity (Wildman–Crippen MR) is 123 cm³/mol. The van der Waals surface area contributed by atoms with Crippen LogP contribution in [0.2, 0.25) is 0 Å². The highest BCUT2D eigenvalue weighted by Gasteiger charge is 2.11. The molecule has 0 atom stereocenters. The number of nitrogens with two attached hydrogens (primary N) is 1. The van der Waals surface area contributed by atoms with Crippen LogP contribution < -0.4 is 15.2 Å². The first-order valence-electron chi connectivity index (χ1n) is 9.78. The van der Waals surface area contributed by atoms with Gasteiger partial charge in [0.15, 0.2) is 5.82 Å². The van der Waals surface area contributed by atoms with Crippen molar-refractivity contribution < 1.29 is 13.2 Å². The molecule has 1 heterocycles. The molecule has 1 aromatic heterocycles. The Hall–Kier alpha value is -3.82. The van der Waals surface area contributed by atoms with Crippen molar-refractivity contribution in [3.63, 3.8) is 0 Å². The number of aromatic nitrogens is 3. The maximum Gasteiger partial charge on any atom is 0.230 e. The van der Waals surface area contributed by atoms with E-state index in [0.717, 1.165) is 11.1 Å². The summed E-state index contributed by atoms with van der Waals surface area (Å²) in [7, 11) is -3.62. The molecule has 0 radical (unpaired) electrons. The van der Waals surface area contributed by atoms with Crippen LogP contribution in [0.25, 0.3) is 11.4 Å². The number of nitrogens with one attached hydrogen (secondary N) is 1. The van der Waals surface area contributed by atoms with Gasteiger partial charge in [-0.1, -0.05) is 54.6 Å². The lowest BCUT2D eigenvalue weighted by Crippen LogP contribution is -2.14. The lowest BCUT2D eigenvalue weighted by Gasteiger charge is -2.12. The molecule has 0 spiro atoms. The zero-order valence-corrected chi connectivity index (χ0v) is 17.9. The molecule has 4 rings (SSSR count). The Balaban J connectivity index is 1.54. The van der Waals surface area contributed by atoms with Gasteiger partial charge in [0.1, 0.15) is 18.7 Å². The second-order valence-electron chi connectivity index (χ2n) is 7.04. The fourth-order valence-electron chi connectivity index (χ4n) is 3.10. The van der Waals surface area contributed by atoms with E-state index in [2.05, 4.69) is 20.3 Å². The number of hydrogen-bond donors (Lipinski definition) is 2. The number of primary sulfonamides is 1. The molecule has 0 aliphatic carbocycles. The maximum absolute atomic E-state index is 11.4. The Morgan fingerprint density at radius 2 is 1.62 bits per heavy atom. The summed E-state index contributed by atoms with van der Waals surface area (Å²) in [6.07, 6.45) is 1.41. The molecule has 32 heavy (non-hydrogen) atoms. The Bertz CT molecular complexity index is 1310. The summed E-state index contributed by atoms with van der Waals surface area (Å²) in [5.41, 5.74) is 2.99. The smallest absolute Gasteiger partial charge is 0.230 e. The van der Waals surface area contributed by atoms with Crippen LogP contribution in [-0.4, -0.2) is 23.4 Å². The van der Waals surface area contributed by atoms with Gasteiger partial charge in [-0.25, -0.2) is 23.5 Å². The number of benzene rings is 3. The summed E-state index contributed by atoms with van der Waals surface area (Å²) in [6, 6.07) is 24.3. The summed E-state index contributed by atoms with van der Waals surface area (Å²) in [5, 5.41) is 8.22. The van der Waals surface area contributed by atoms with E-state index >= 15 is 0 Å². The van der Waals surface area contributed by atoms with Crippen LogP contribution in [0.1, 0.15) is 11.1 Å². The molecule has 0 fully saturated rings. The van der Waals surface area contributed by atoms with E-state index in [9.17, 15) is 8.42 Å². The van der Waals surface area contributed by atoms with Crippen LogP contribution in [0.3, 0.4) is 0 Å². The second kappa shape index (κ2) is 9.54. The fraction of sp³-hybridized carbons (Fsp3) is 0.0870. The van der Waals surface area contributed by atoms with Crippen LogP contribution >= 0.6 is 0 Å². The SMILES string of the molecule is NS(=O)(=O)Cc1cccc(Nc2ncnc(-c3ccccc3OCc3ccccc3)n2)c1. The fourth-order valence-corrected chi connectivity index (χ4v) is 3.74. The molecular weight excluding hydrogens is 426 g/mol. The van der Waals surface area contributed by atoms with E-state index in [0.29, 0.717) is 35.4 Å². The average molecular weight is 448 g/mol. The van der Waals surface area contributed by atoms with Crippen molar-refractivity contribution in [1.29, 1.82) is 0 Å². The third-order valence-corrected chi connectivity index (χ3v) is 5.22. The van der Waals surface area contributed by atoms with Crippen molar-refractivity contribution in [1.82, 2.24) is 15.0 Å². The molecule has 0 bridgehead atoms. The minimum atomic E-state index is -3.62. The van der Waals surface area contributed by atoms with E-state index < -0.39 is 10.0 Å². The average Bonchev–Trinajstić information content (AvgIpc) is 2.78. The minimum absolute atomic E-state index is 0.253. The first-order chi connectivity index (χ1) is 15.5. The summed E-state index contributed by atoms with van der Waals surface area (Å²) in [5.74, 6) is 1.17. The van der Waals surface area contributed by atoms with Crippen molar-refractivity contribution in [3.05, 3.63) is 96.3 Å². The van der Waals surface area contributed by atoms with Gasteiger partial charge in [-0.05, 0) is 35.4 Å². The van der Waals surface area contributed by atoms with Gasteiger partial charge in [0.2, 0.25) is 16.0 Å². The van der Waals surface area contributed by atoms with E-state index in [-0.39, 0.29) is 5.75 Å². The second-order valence-corrected chi connectivity index (χ2v) is 8.65. The van der Waals surface area contributed by atoms with Crippen molar-refractivity contribution in [2.45, 2.75) is 12.4 Å². The Kier molecular flexibility index (Phi) is 6.39. The van der Waals surface area contributed by atoms with Crippen molar-refractivity contribution in [3.8, 4) is 17.1 Å². The Labute approximate surface area is 186 Å². The van der Waals surface area contributed by atoms with Crippen molar-refractivity contribution in [2.75, 3.05) is 5.32 Å². The topological polar surface area (TPSA) is 120 Å². The summed E-state index contributed by atoms with van der Waals surface area (Å²) in [6.45, 7) is 0.422. The van der Waals surface area contributed by atoms with Gasteiger partial charge >= 0.3 is 0 Å². The number of nitrogens with zero attached hydrogens (tertiary/aromatic N) is 3. The molecule has 8 nitrogen and oxygen atoms in total. The molecule has 3 aromatic carbocycles. The first-order valence-corrected chi connectivity index (χ1v) is 11.5. The standard InChI is InChI=1S/C23H21N5O3S/c24-32(29,30)15-18-9-6-10-19(13-18)27-23-26-16-25-22(28-23)20-11-4-5-12-21(20)31-14-17-7-2-1-3-8-17/h1-13,16H,14-15H2,(H2,24,29,30)(H,25,26,27,28). The van der Waals surface area contributed by atoms with E-state index in [4.69, 9.17) is 9.88 Å². The van der Waals surface area contributed by atoms with Gasteiger partial charge in [0.05, 0.1) is 11.3 Å². The Morgan fingerprint density at radius 1 is 0.875 bits per heavy atom. The molecule has 0 saturated heterocycles. The number of anilines is 2. The molecule has 0 aliphatic rings. The van der Waals surface area contributed by atoms with Gasteiger partial charge in [-0.15, -0.1) is 0 Å². The largest absolute Gasteiger partial charge is 0.488 e. The molecule has 0 saturated carbocycles. The first kappa shape index (κ1) is 21.4. The number of rotatable bonds is 8. The number of sulfonamides is 1. The molecule has 3 N–H and O–H groups in total. The highest BCUT2D eigenvalue weighted by atomic mass is 32.2. The minimum Gasteiger partial charge on any atom is -0.488 e. The van der Waals surface area contributed by atoms with Crippen LogP contribution in [0.5, 0.6) is 5.75 Å². The number of hydrogen-bond acceptors (Lipinski definition) is 7. The third-order valence-electron chi connectivity index (χ3n) is 4.49. The van der Waals surface area contributed by atoms with Crippen molar-refractivity contribution in [2.24, 2.45) is 5.14 Å². The van der Waals surface area contributed by atoms with E-state index in [1.165, 1.54) is 6.33 Å². The van der Waals surface area contributed by atoms with Crippen molar-refractivity contribution >= 4 is 21.7 Å². The van der Waals surface area contributed by atoms with Gasteiger partial charge in [0.25, 0.3) is 0 Å². The van der Waals surface area contributed by atoms with Crippen LogP contribution in [0, 0.1) is 0 Å². The van der Waals surface area contributed by atoms with E-state index in [1.807, 2.05) is 54.6 Å². The predicted octanol–water partition coefficient (Wildman–Crippen LogP) is 3.65. The van der Waals surface area contributed by atoms with Crippen LogP contribution in [-0.2, 0) is 22.4 Å². The van der Waals surface area contributed by atoms with Gasteiger partial charge in [-0.3, -0.25) is 0 Å². The zero-order chi connectivity index (χ0) is 22.4. The molecule has 0 unspecified atom stereocenters. The molecule has 0 amide bonds. The summed E-state index contributed by atoms with van der Waals surface area (Å²) >= 11 is 0. The Morgan fingerprint density at radius 3 is 2.44 bits per heavy atom. The lowest BCUT2D eigenvalue weighted by atomic mass is 10.2. The third kappa shape index (κ3) is 5.87. The zero-order valence-electron chi connectivity index (χ0n) is 17.0. The summed E-state index contributed by atoms with van der Waals surface area (Å²) in [4.78, 5) is 13.0. The quantitative estimate of drug-likeness (QED) is 0.423.